The van der Waals surface area contributed by atoms with Crippen LogP contribution in [0.3, 0.4) is 0 Å². The molecular formula is C20H24FIN2O. The summed E-state index contributed by atoms with van der Waals surface area (Å²) in [4.78, 5) is 6.80. The zero-order valence-electron chi connectivity index (χ0n) is 15.1. The molecule has 0 amide bonds. The Morgan fingerprint density at radius 1 is 1.16 bits per heavy atom. The molecule has 5 heteroatoms. The standard InChI is InChI=1S/C20H24FIN2O/c1-5-9-24(6-2)13-23-19-10-15(4)20(11-14(19)3)25-16-7-8-18(22)17(21)12-16/h7-8,10-13H,5-6,9H2,1-4H3. The molecule has 0 atom stereocenters. The smallest absolute Gasteiger partial charge is 0.140 e. The third-order valence-electron chi connectivity index (χ3n) is 3.89. The predicted molar refractivity (Wildman–Crippen MR) is 111 cm³/mol. The Morgan fingerprint density at radius 2 is 1.92 bits per heavy atom. The van der Waals surface area contributed by atoms with Gasteiger partial charge >= 0.3 is 0 Å². The Bertz CT molecular complexity index is 762. The van der Waals surface area contributed by atoms with Crippen molar-refractivity contribution >= 4 is 34.6 Å². The van der Waals surface area contributed by atoms with E-state index >= 15 is 0 Å². The molecular weight excluding hydrogens is 430 g/mol. The molecule has 0 radical (unpaired) electrons. The van der Waals surface area contributed by atoms with E-state index < -0.39 is 0 Å². The number of nitrogens with zero attached hydrogens (tertiary/aromatic N) is 2. The Kier molecular flexibility index (Phi) is 7.23. The Balaban J connectivity index is 2.21. The van der Waals surface area contributed by atoms with Gasteiger partial charge in [-0.05, 0) is 85.2 Å². The summed E-state index contributed by atoms with van der Waals surface area (Å²) in [7, 11) is 0. The molecule has 0 aliphatic carbocycles. The summed E-state index contributed by atoms with van der Waals surface area (Å²) in [5.41, 5.74) is 2.92. The minimum Gasteiger partial charge on any atom is -0.457 e. The highest BCUT2D eigenvalue weighted by molar-refractivity contribution is 14.1. The molecule has 0 saturated heterocycles. The Morgan fingerprint density at radius 3 is 2.56 bits per heavy atom. The summed E-state index contributed by atoms with van der Waals surface area (Å²) < 4.78 is 20.1. The molecule has 134 valence electrons. The van der Waals surface area contributed by atoms with Crippen LogP contribution in [0.1, 0.15) is 31.4 Å². The fourth-order valence-corrected chi connectivity index (χ4v) is 2.75. The second-order valence-corrected chi connectivity index (χ2v) is 7.12. The third-order valence-corrected chi connectivity index (χ3v) is 4.76. The maximum Gasteiger partial charge on any atom is 0.140 e. The van der Waals surface area contributed by atoms with Gasteiger partial charge in [0.15, 0.2) is 0 Å². The maximum atomic E-state index is 13.7. The minimum atomic E-state index is -0.274. The van der Waals surface area contributed by atoms with E-state index in [4.69, 9.17) is 4.74 Å². The molecule has 0 N–H and O–H groups in total. The number of rotatable bonds is 7. The van der Waals surface area contributed by atoms with Gasteiger partial charge in [-0.25, -0.2) is 9.38 Å². The van der Waals surface area contributed by atoms with Crippen LogP contribution in [0.15, 0.2) is 35.3 Å². The summed E-state index contributed by atoms with van der Waals surface area (Å²) in [6.07, 6.45) is 3.00. The van der Waals surface area contributed by atoms with Crippen molar-refractivity contribution in [1.82, 2.24) is 4.90 Å². The van der Waals surface area contributed by atoms with Crippen LogP contribution in [-0.4, -0.2) is 24.3 Å². The molecule has 0 unspecified atom stereocenters. The quantitative estimate of drug-likeness (QED) is 0.282. The van der Waals surface area contributed by atoms with E-state index in [0.717, 1.165) is 42.1 Å². The van der Waals surface area contributed by atoms with E-state index in [1.165, 1.54) is 6.07 Å². The van der Waals surface area contributed by atoms with Crippen molar-refractivity contribution < 1.29 is 9.13 Å². The highest BCUT2D eigenvalue weighted by atomic mass is 127. The normalized spacial score (nSPS) is 11.1. The van der Waals surface area contributed by atoms with E-state index in [2.05, 4.69) is 23.7 Å². The highest BCUT2D eigenvalue weighted by Gasteiger charge is 2.08. The number of halogens is 2. The first-order chi connectivity index (χ1) is 11.9. The summed E-state index contributed by atoms with van der Waals surface area (Å²) in [5, 5.41) is 0. The summed E-state index contributed by atoms with van der Waals surface area (Å²) in [6.45, 7) is 10.2. The zero-order valence-corrected chi connectivity index (χ0v) is 17.3. The van der Waals surface area contributed by atoms with Crippen molar-refractivity contribution in [3.63, 3.8) is 0 Å². The monoisotopic (exact) mass is 454 g/mol. The van der Waals surface area contributed by atoms with Gasteiger partial charge in [-0.1, -0.05) is 6.92 Å². The third kappa shape index (κ3) is 5.42. The first kappa shape index (κ1) is 19.7. The molecule has 2 aromatic rings. The summed E-state index contributed by atoms with van der Waals surface area (Å²) >= 11 is 1.96. The second kappa shape index (κ2) is 9.17. The average Bonchev–Trinajstić information content (AvgIpc) is 2.58. The Hall–Kier alpha value is -1.63. The van der Waals surface area contributed by atoms with Gasteiger partial charge in [-0.2, -0.15) is 0 Å². The SMILES string of the molecule is CCCN(C=Nc1cc(C)c(Oc2ccc(I)c(F)c2)cc1C)CC. The molecule has 0 fully saturated rings. The molecule has 2 rings (SSSR count). The minimum absolute atomic E-state index is 0.274. The summed E-state index contributed by atoms with van der Waals surface area (Å²) in [5.74, 6) is 0.944. The van der Waals surface area contributed by atoms with E-state index in [9.17, 15) is 4.39 Å². The highest BCUT2D eigenvalue weighted by Crippen LogP contribution is 2.32. The lowest BCUT2D eigenvalue weighted by Gasteiger charge is -2.16. The van der Waals surface area contributed by atoms with Crippen molar-refractivity contribution in [3.05, 3.63) is 50.8 Å². The molecule has 0 heterocycles. The Labute approximate surface area is 163 Å². The topological polar surface area (TPSA) is 24.8 Å². The lowest BCUT2D eigenvalue weighted by atomic mass is 10.1. The maximum absolute atomic E-state index is 13.7. The fourth-order valence-electron chi connectivity index (χ4n) is 2.42. The van der Waals surface area contributed by atoms with Gasteiger partial charge in [0.05, 0.1) is 12.0 Å². The largest absolute Gasteiger partial charge is 0.457 e. The van der Waals surface area contributed by atoms with Gasteiger partial charge in [0.1, 0.15) is 17.3 Å². The van der Waals surface area contributed by atoms with Crippen molar-refractivity contribution in [2.45, 2.75) is 34.1 Å². The fraction of sp³-hybridized carbons (Fsp3) is 0.350. The van der Waals surface area contributed by atoms with Crippen molar-refractivity contribution in [3.8, 4) is 11.5 Å². The van der Waals surface area contributed by atoms with Crippen LogP contribution in [-0.2, 0) is 0 Å². The van der Waals surface area contributed by atoms with Crippen LogP contribution in [0.4, 0.5) is 10.1 Å². The van der Waals surface area contributed by atoms with Crippen LogP contribution < -0.4 is 4.74 Å². The lowest BCUT2D eigenvalue weighted by molar-refractivity contribution is 0.452. The number of aliphatic imine (C=N–C) groups is 1. The molecule has 25 heavy (non-hydrogen) atoms. The van der Waals surface area contributed by atoms with Crippen molar-refractivity contribution in [1.29, 1.82) is 0 Å². The molecule has 0 aromatic heterocycles. The molecule has 0 spiro atoms. The first-order valence-corrected chi connectivity index (χ1v) is 9.54. The van der Waals surface area contributed by atoms with E-state index in [1.54, 1.807) is 12.1 Å². The first-order valence-electron chi connectivity index (χ1n) is 8.47. The number of aryl methyl sites for hydroxylation is 2. The van der Waals surface area contributed by atoms with Gasteiger partial charge in [0, 0.05) is 22.7 Å². The summed E-state index contributed by atoms with van der Waals surface area (Å²) in [6, 6.07) is 8.85. The average molecular weight is 454 g/mol. The van der Waals surface area contributed by atoms with E-state index in [1.807, 2.05) is 54.9 Å². The molecule has 0 saturated carbocycles. The van der Waals surface area contributed by atoms with Gasteiger partial charge in [0.2, 0.25) is 0 Å². The predicted octanol–water partition coefficient (Wildman–Crippen LogP) is 6.23. The molecule has 0 aliphatic rings. The van der Waals surface area contributed by atoms with Crippen LogP contribution >= 0.6 is 22.6 Å². The van der Waals surface area contributed by atoms with Gasteiger partial charge in [-0.3, -0.25) is 0 Å². The number of benzene rings is 2. The second-order valence-electron chi connectivity index (χ2n) is 5.96. The van der Waals surface area contributed by atoms with E-state index in [0.29, 0.717) is 9.32 Å². The van der Waals surface area contributed by atoms with Gasteiger partial charge in [0.25, 0.3) is 0 Å². The van der Waals surface area contributed by atoms with Crippen LogP contribution in [0.25, 0.3) is 0 Å². The van der Waals surface area contributed by atoms with Crippen molar-refractivity contribution in [2.24, 2.45) is 4.99 Å². The molecule has 3 nitrogen and oxygen atoms in total. The molecule has 0 bridgehead atoms. The van der Waals surface area contributed by atoms with Crippen molar-refractivity contribution in [2.75, 3.05) is 13.1 Å². The van der Waals surface area contributed by atoms with Crippen LogP contribution in [0.2, 0.25) is 0 Å². The number of hydrogen-bond acceptors (Lipinski definition) is 2. The van der Waals surface area contributed by atoms with Gasteiger partial charge < -0.3 is 9.64 Å². The van der Waals surface area contributed by atoms with Crippen LogP contribution in [0.5, 0.6) is 11.5 Å². The van der Waals surface area contributed by atoms with Gasteiger partial charge in [-0.15, -0.1) is 0 Å². The molecule has 2 aromatic carbocycles. The van der Waals surface area contributed by atoms with E-state index in [-0.39, 0.29) is 5.82 Å². The van der Waals surface area contributed by atoms with Crippen LogP contribution in [0, 0.1) is 23.2 Å². The number of hydrogen-bond donors (Lipinski definition) is 0. The zero-order chi connectivity index (χ0) is 18.4. The number of ether oxygens (including phenoxy) is 1. The molecule has 0 aliphatic heterocycles. The lowest BCUT2D eigenvalue weighted by Crippen LogP contribution is -2.21.